The zero-order valence-corrected chi connectivity index (χ0v) is 15.7. The van der Waals surface area contributed by atoms with E-state index in [0.29, 0.717) is 25.3 Å². The predicted octanol–water partition coefficient (Wildman–Crippen LogP) is 1.87. The van der Waals surface area contributed by atoms with E-state index in [-0.39, 0.29) is 46.5 Å². The van der Waals surface area contributed by atoms with E-state index in [0.717, 1.165) is 6.42 Å². The first kappa shape index (κ1) is 19.8. The van der Waals surface area contributed by atoms with Crippen LogP contribution in [0, 0.1) is 11.3 Å². The average Bonchev–Trinajstić information content (AvgIpc) is 2.35. The molecular formula is C14H22N2NaO2S. The standard InChI is InChI=1S/C14H22N2O2S.Na/c1-5-9-16-12(18)14(6-2,8-7-10(3)4)11(17)15-13(16)19;/h5,10H,1,6-9H2,2-4H3,(H,15,17,19);. The van der Waals surface area contributed by atoms with Crippen LogP contribution in [-0.4, -0.2) is 57.9 Å². The maximum Gasteiger partial charge on any atom is 0.244 e. The molecule has 1 saturated heterocycles. The molecule has 1 aliphatic rings. The third-order valence-corrected chi connectivity index (χ3v) is 3.94. The van der Waals surface area contributed by atoms with Gasteiger partial charge in [0.2, 0.25) is 11.8 Å². The van der Waals surface area contributed by atoms with E-state index in [9.17, 15) is 9.59 Å². The molecule has 1 fully saturated rings. The normalized spacial score (nSPS) is 22.6. The molecule has 6 heteroatoms. The number of hydrogen-bond acceptors (Lipinski definition) is 3. The summed E-state index contributed by atoms with van der Waals surface area (Å²) in [4.78, 5) is 26.3. The van der Waals surface area contributed by atoms with Crippen LogP contribution in [0.25, 0.3) is 0 Å². The number of nitrogens with one attached hydrogen (secondary N) is 1. The molecule has 0 bridgehead atoms. The Bertz CT molecular complexity index is 412. The van der Waals surface area contributed by atoms with Crippen molar-refractivity contribution in [2.45, 2.75) is 40.0 Å². The minimum absolute atomic E-state index is 0. The summed E-state index contributed by atoms with van der Waals surface area (Å²) in [6.07, 6.45) is 3.50. The molecule has 0 saturated carbocycles. The number of rotatable bonds is 6. The predicted molar refractivity (Wildman–Crippen MR) is 85.2 cm³/mol. The van der Waals surface area contributed by atoms with Gasteiger partial charge in [0.1, 0.15) is 5.41 Å². The molecule has 0 aliphatic carbocycles. The van der Waals surface area contributed by atoms with Crippen LogP contribution in [0.1, 0.15) is 40.0 Å². The van der Waals surface area contributed by atoms with Crippen LogP contribution in [-0.2, 0) is 9.59 Å². The minimum atomic E-state index is -0.977. The Balaban J connectivity index is 0.00000361. The first-order valence-electron chi connectivity index (χ1n) is 6.67. The van der Waals surface area contributed by atoms with E-state index in [1.807, 2.05) is 6.92 Å². The first-order valence-corrected chi connectivity index (χ1v) is 7.08. The van der Waals surface area contributed by atoms with Gasteiger partial charge in [0.15, 0.2) is 5.11 Å². The number of carbonyl (C=O) groups excluding carboxylic acids is 2. The SMILES string of the molecule is C=CCN1C(=O)C(CC)(CCC(C)C)C(=O)NC1=S.[Na]. The summed E-state index contributed by atoms with van der Waals surface area (Å²) in [6, 6.07) is 0. The van der Waals surface area contributed by atoms with Gasteiger partial charge in [-0.1, -0.05) is 26.8 Å². The molecular weight excluding hydrogens is 283 g/mol. The van der Waals surface area contributed by atoms with Crippen LogP contribution in [0.3, 0.4) is 0 Å². The van der Waals surface area contributed by atoms with E-state index >= 15 is 0 Å². The molecule has 0 aromatic heterocycles. The van der Waals surface area contributed by atoms with Gasteiger partial charge in [0.05, 0.1) is 0 Å². The largest absolute Gasteiger partial charge is 0.302 e. The van der Waals surface area contributed by atoms with Crippen LogP contribution < -0.4 is 5.32 Å². The zero-order chi connectivity index (χ0) is 14.6. The monoisotopic (exact) mass is 305 g/mol. The van der Waals surface area contributed by atoms with Crippen molar-refractivity contribution in [3.8, 4) is 0 Å². The summed E-state index contributed by atoms with van der Waals surface area (Å²) in [5.41, 5.74) is -0.977. The zero-order valence-electron chi connectivity index (χ0n) is 12.9. The molecule has 1 heterocycles. The molecule has 0 aromatic rings. The van der Waals surface area contributed by atoms with Crippen LogP contribution in [0.15, 0.2) is 12.7 Å². The molecule has 1 atom stereocenters. The van der Waals surface area contributed by atoms with Gasteiger partial charge in [-0.05, 0) is 37.4 Å². The molecule has 1 unspecified atom stereocenters. The molecule has 1 rings (SSSR count). The summed E-state index contributed by atoms with van der Waals surface area (Å²) in [5.74, 6) is 0.000944. The van der Waals surface area contributed by atoms with Crippen molar-refractivity contribution in [3.63, 3.8) is 0 Å². The van der Waals surface area contributed by atoms with Gasteiger partial charge in [-0.25, -0.2) is 0 Å². The summed E-state index contributed by atoms with van der Waals surface area (Å²) >= 11 is 5.06. The Hall–Kier alpha value is -0.230. The molecule has 0 aromatic carbocycles. The molecule has 4 nitrogen and oxygen atoms in total. The van der Waals surface area contributed by atoms with Crippen LogP contribution in [0.4, 0.5) is 0 Å². The van der Waals surface area contributed by atoms with Gasteiger partial charge in [0, 0.05) is 36.1 Å². The van der Waals surface area contributed by atoms with Gasteiger partial charge in [-0.2, -0.15) is 0 Å². The Morgan fingerprint density at radius 1 is 1.45 bits per heavy atom. The quantitative estimate of drug-likeness (QED) is 0.353. The molecule has 1 N–H and O–H groups in total. The molecule has 107 valence electrons. The van der Waals surface area contributed by atoms with Crippen molar-refractivity contribution in [1.82, 2.24) is 10.2 Å². The fraction of sp³-hybridized carbons (Fsp3) is 0.643. The minimum Gasteiger partial charge on any atom is -0.302 e. The smallest absolute Gasteiger partial charge is 0.244 e. The third kappa shape index (κ3) is 3.91. The second kappa shape index (κ2) is 8.27. The first-order chi connectivity index (χ1) is 8.89. The number of nitrogens with zero attached hydrogens (tertiary/aromatic N) is 1. The van der Waals surface area contributed by atoms with Gasteiger partial charge in [0.25, 0.3) is 0 Å². The second-order valence-corrected chi connectivity index (χ2v) is 5.72. The topological polar surface area (TPSA) is 49.4 Å². The number of amides is 2. The van der Waals surface area contributed by atoms with Crippen LogP contribution in [0.2, 0.25) is 0 Å². The number of hydrogen-bond donors (Lipinski definition) is 1. The van der Waals surface area contributed by atoms with Crippen molar-refractivity contribution >= 4 is 58.7 Å². The second-order valence-electron chi connectivity index (χ2n) is 5.33. The maximum absolute atomic E-state index is 12.6. The van der Waals surface area contributed by atoms with Gasteiger partial charge in [-0.3, -0.25) is 14.5 Å². The van der Waals surface area contributed by atoms with E-state index in [1.165, 1.54) is 4.90 Å². The average molecular weight is 305 g/mol. The van der Waals surface area contributed by atoms with Crippen LogP contribution >= 0.6 is 12.2 Å². The Labute approximate surface area is 148 Å². The summed E-state index contributed by atoms with van der Waals surface area (Å²) in [5, 5.41) is 2.84. The van der Waals surface area contributed by atoms with Crippen LogP contribution in [0.5, 0.6) is 0 Å². The van der Waals surface area contributed by atoms with Gasteiger partial charge < -0.3 is 5.32 Å². The maximum atomic E-state index is 12.6. The van der Waals surface area contributed by atoms with E-state index in [4.69, 9.17) is 12.2 Å². The van der Waals surface area contributed by atoms with Gasteiger partial charge >= 0.3 is 0 Å². The van der Waals surface area contributed by atoms with Crippen molar-refractivity contribution in [2.24, 2.45) is 11.3 Å². The van der Waals surface area contributed by atoms with Gasteiger partial charge in [-0.15, -0.1) is 6.58 Å². The Morgan fingerprint density at radius 3 is 2.50 bits per heavy atom. The van der Waals surface area contributed by atoms with E-state index in [2.05, 4.69) is 25.7 Å². The fourth-order valence-corrected chi connectivity index (χ4v) is 2.52. The summed E-state index contributed by atoms with van der Waals surface area (Å²) < 4.78 is 0. The fourth-order valence-electron chi connectivity index (χ4n) is 2.27. The Morgan fingerprint density at radius 2 is 2.05 bits per heavy atom. The number of thiocarbonyl (C=S) groups is 1. The van der Waals surface area contributed by atoms with E-state index < -0.39 is 5.41 Å². The molecule has 1 radical (unpaired) electrons. The Kier molecular flexibility index (Phi) is 8.18. The van der Waals surface area contributed by atoms with Crippen molar-refractivity contribution in [3.05, 3.63) is 12.7 Å². The summed E-state index contributed by atoms with van der Waals surface area (Å²) in [7, 11) is 0. The molecule has 20 heavy (non-hydrogen) atoms. The van der Waals surface area contributed by atoms with E-state index in [1.54, 1.807) is 6.08 Å². The molecule has 2 amide bonds. The third-order valence-electron chi connectivity index (χ3n) is 3.62. The summed E-state index contributed by atoms with van der Waals surface area (Å²) in [6.45, 7) is 10.0. The van der Waals surface area contributed by atoms with Crippen molar-refractivity contribution < 1.29 is 9.59 Å². The molecule has 0 spiro atoms. The van der Waals surface area contributed by atoms with Crippen molar-refractivity contribution in [1.29, 1.82) is 0 Å². The van der Waals surface area contributed by atoms with Crippen molar-refractivity contribution in [2.75, 3.05) is 6.54 Å². The number of carbonyl (C=O) groups is 2. The molecule has 1 aliphatic heterocycles.